The molecule has 2 aromatic carbocycles. The van der Waals surface area contributed by atoms with Gasteiger partial charge in [0, 0.05) is 27.5 Å². The lowest BCUT2D eigenvalue weighted by Crippen LogP contribution is -2.30. The monoisotopic (exact) mass is 331 g/mol. The second kappa shape index (κ2) is 8.24. The SMILES string of the molecule is CS(=O)c1ccc(C(=O)NCC(=O)OCc2ccccc2)cc1. The lowest BCUT2D eigenvalue weighted by Gasteiger charge is -2.07. The summed E-state index contributed by atoms with van der Waals surface area (Å²) >= 11 is 0. The number of carbonyl (C=O) groups is 2. The normalized spacial score (nSPS) is 11.5. The molecule has 0 aliphatic heterocycles. The zero-order chi connectivity index (χ0) is 16.7. The Labute approximate surface area is 137 Å². The van der Waals surface area contributed by atoms with Crippen LogP contribution < -0.4 is 5.32 Å². The molecule has 2 aromatic rings. The molecule has 0 fully saturated rings. The van der Waals surface area contributed by atoms with Crippen molar-refractivity contribution in [2.24, 2.45) is 0 Å². The Kier molecular flexibility index (Phi) is 6.05. The molecular formula is C17H17NO4S. The van der Waals surface area contributed by atoms with Crippen LogP contribution in [0.3, 0.4) is 0 Å². The van der Waals surface area contributed by atoms with Crippen molar-refractivity contribution in [1.82, 2.24) is 5.32 Å². The molecule has 0 heterocycles. The van der Waals surface area contributed by atoms with E-state index in [0.717, 1.165) is 5.56 Å². The second-order valence-corrected chi connectivity index (χ2v) is 6.19. The van der Waals surface area contributed by atoms with Crippen LogP contribution in [-0.4, -0.2) is 28.9 Å². The average Bonchev–Trinajstić information content (AvgIpc) is 2.58. The summed E-state index contributed by atoms with van der Waals surface area (Å²) in [6.07, 6.45) is 1.57. The summed E-state index contributed by atoms with van der Waals surface area (Å²) in [6, 6.07) is 15.7. The Hall–Kier alpha value is -2.47. The van der Waals surface area contributed by atoms with Crippen LogP contribution >= 0.6 is 0 Å². The van der Waals surface area contributed by atoms with Gasteiger partial charge in [-0.1, -0.05) is 30.3 Å². The van der Waals surface area contributed by atoms with Gasteiger partial charge in [-0.05, 0) is 29.8 Å². The molecule has 0 aliphatic rings. The van der Waals surface area contributed by atoms with Crippen molar-refractivity contribution < 1.29 is 18.5 Å². The largest absolute Gasteiger partial charge is 0.460 e. The van der Waals surface area contributed by atoms with E-state index in [9.17, 15) is 13.8 Å². The molecule has 23 heavy (non-hydrogen) atoms. The molecule has 1 N–H and O–H groups in total. The Morgan fingerprint density at radius 2 is 1.70 bits per heavy atom. The molecule has 1 amide bonds. The summed E-state index contributed by atoms with van der Waals surface area (Å²) < 4.78 is 16.4. The van der Waals surface area contributed by atoms with Crippen molar-refractivity contribution >= 4 is 22.7 Å². The van der Waals surface area contributed by atoms with Crippen molar-refractivity contribution in [1.29, 1.82) is 0 Å². The van der Waals surface area contributed by atoms with E-state index in [1.807, 2.05) is 30.3 Å². The maximum absolute atomic E-state index is 11.9. The highest BCUT2D eigenvalue weighted by molar-refractivity contribution is 7.84. The van der Waals surface area contributed by atoms with Crippen LogP contribution in [0.2, 0.25) is 0 Å². The molecule has 0 spiro atoms. The fraction of sp³-hybridized carbons (Fsp3) is 0.176. The van der Waals surface area contributed by atoms with Gasteiger partial charge in [-0.15, -0.1) is 0 Å². The number of benzene rings is 2. The van der Waals surface area contributed by atoms with Crippen molar-refractivity contribution in [2.75, 3.05) is 12.8 Å². The minimum atomic E-state index is -1.09. The van der Waals surface area contributed by atoms with Crippen LogP contribution in [0.15, 0.2) is 59.5 Å². The van der Waals surface area contributed by atoms with E-state index < -0.39 is 16.8 Å². The van der Waals surface area contributed by atoms with E-state index in [1.165, 1.54) is 0 Å². The highest BCUT2D eigenvalue weighted by Gasteiger charge is 2.09. The number of ether oxygens (including phenoxy) is 1. The molecule has 5 nitrogen and oxygen atoms in total. The summed E-state index contributed by atoms with van der Waals surface area (Å²) in [5.74, 6) is -0.886. The highest BCUT2D eigenvalue weighted by Crippen LogP contribution is 2.07. The van der Waals surface area contributed by atoms with Gasteiger partial charge in [0.1, 0.15) is 13.2 Å². The maximum Gasteiger partial charge on any atom is 0.325 e. The molecular weight excluding hydrogens is 314 g/mol. The van der Waals surface area contributed by atoms with Crippen molar-refractivity contribution in [3.63, 3.8) is 0 Å². The predicted molar refractivity (Wildman–Crippen MR) is 87.3 cm³/mol. The quantitative estimate of drug-likeness (QED) is 0.821. The zero-order valence-electron chi connectivity index (χ0n) is 12.7. The van der Waals surface area contributed by atoms with E-state index >= 15 is 0 Å². The van der Waals surface area contributed by atoms with Gasteiger partial charge in [-0.3, -0.25) is 13.8 Å². The predicted octanol–water partition coefficient (Wildman–Crippen LogP) is 1.90. The first-order valence-electron chi connectivity index (χ1n) is 6.97. The Morgan fingerprint density at radius 1 is 1.04 bits per heavy atom. The minimum absolute atomic E-state index is 0.173. The van der Waals surface area contributed by atoms with Gasteiger partial charge in [0.25, 0.3) is 5.91 Å². The molecule has 1 atom stereocenters. The molecule has 0 saturated carbocycles. The van der Waals surface area contributed by atoms with Crippen LogP contribution in [0.1, 0.15) is 15.9 Å². The Balaban J connectivity index is 1.79. The highest BCUT2D eigenvalue weighted by atomic mass is 32.2. The van der Waals surface area contributed by atoms with Gasteiger partial charge in [-0.2, -0.15) is 0 Å². The van der Waals surface area contributed by atoms with Crippen LogP contribution in [0.4, 0.5) is 0 Å². The second-order valence-electron chi connectivity index (χ2n) is 4.81. The standard InChI is InChI=1S/C17H17NO4S/c1-23(21)15-9-7-14(8-10-15)17(20)18-11-16(19)22-12-13-5-3-2-4-6-13/h2-10H,11-12H2,1H3,(H,18,20). The number of hydrogen-bond donors (Lipinski definition) is 1. The van der Waals surface area contributed by atoms with Crippen molar-refractivity contribution in [3.8, 4) is 0 Å². The Bertz CT molecular complexity index is 698. The number of carbonyl (C=O) groups excluding carboxylic acids is 2. The first-order valence-corrected chi connectivity index (χ1v) is 8.53. The molecule has 0 saturated heterocycles. The van der Waals surface area contributed by atoms with E-state index in [2.05, 4.69) is 5.32 Å². The van der Waals surface area contributed by atoms with E-state index in [4.69, 9.17) is 4.74 Å². The van der Waals surface area contributed by atoms with Crippen molar-refractivity contribution in [2.45, 2.75) is 11.5 Å². The summed E-state index contributed by atoms with van der Waals surface area (Å²) in [5, 5.41) is 2.49. The molecule has 120 valence electrons. The average molecular weight is 331 g/mol. The fourth-order valence-electron chi connectivity index (χ4n) is 1.84. The third-order valence-corrected chi connectivity index (χ3v) is 4.02. The van der Waals surface area contributed by atoms with Gasteiger partial charge < -0.3 is 10.1 Å². The molecule has 0 radical (unpaired) electrons. The lowest BCUT2D eigenvalue weighted by atomic mass is 10.2. The molecule has 0 bridgehead atoms. The number of esters is 1. The van der Waals surface area contributed by atoms with E-state index in [1.54, 1.807) is 30.5 Å². The summed E-state index contributed by atoms with van der Waals surface area (Å²) in [7, 11) is -1.09. The van der Waals surface area contributed by atoms with Gasteiger partial charge >= 0.3 is 5.97 Å². The first kappa shape index (κ1) is 16.9. The molecule has 2 rings (SSSR count). The minimum Gasteiger partial charge on any atom is -0.460 e. The molecule has 0 aliphatic carbocycles. The molecule has 1 unspecified atom stereocenters. The third-order valence-electron chi connectivity index (χ3n) is 3.08. The van der Waals surface area contributed by atoms with E-state index in [0.29, 0.717) is 10.5 Å². The number of rotatable bonds is 6. The van der Waals surface area contributed by atoms with Crippen LogP contribution in [-0.2, 0) is 26.9 Å². The van der Waals surface area contributed by atoms with Gasteiger partial charge in [0.05, 0.1) is 0 Å². The van der Waals surface area contributed by atoms with Crippen LogP contribution in [0.5, 0.6) is 0 Å². The summed E-state index contributed by atoms with van der Waals surface area (Å²) in [6.45, 7) is -0.0281. The topological polar surface area (TPSA) is 72.5 Å². The Morgan fingerprint density at radius 3 is 2.30 bits per heavy atom. The molecule has 0 aromatic heterocycles. The van der Waals surface area contributed by atoms with Crippen LogP contribution in [0, 0.1) is 0 Å². The van der Waals surface area contributed by atoms with Crippen LogP contribution in [0.25, 0.3) is 0 Å². The van der Waals surface area contributed by atoms with Crippen molar-refractivity contribution in [3.05, 3.63) is 65.7 Å². The molecule has 6 heteroatoms. The smallest absolute Gasteiger partial charge is 0.325 e. The van der Waals surface area contributed by atoms with Gasteiger partial charge in [0.15, 0.2) is 0 Å². The lowest BCUT2D eigenvalue weighted by molar-refractivity contribution is -0.143. The number of hydrogen-bond acceptors (Lipinski definition) is 4. The fourth-order valence-corrected chi connectivity index (χ4v) is 2.36. The van der Waals surface area contributed by atoms with Gasteiger partial charge in [0.2, 0.25) is 0 Å². The summed E-state index contributed by atoms with van der Waals surface area (Å²) in [5.41, 5.74) is 1.28. The third kappa shape index (κ3) is 5.34. The van der Waals surface area contributed by atoms with Gasteiger partial charge in [-0.25, -0.2) is 0 Å². The zero-order valence-corrected chi connectivity index (χ0v) is 13.5. The first-order chi connectivity index (χ1) is 11.1. The number of nitrogens with one attached hydrogen (secondary N) is 1. The maximum atomic E-state index is 11.9. The van der Waals surface area contributed by atoms with E-state index in [-0.39, 0.29) is 19.1 Å². The summed E-state index contributed by atoms with van der Waals surface area (Å²) in [4.78, 5) is 24.2. The number of amides is 1.